The third kappa shape index (κ3) is 2.00. The zero-order valence-corrected chi connectivity index (χ0v) is 10.7. The molecule has 0 bridgehead atoms. The van der Waals surface area contributed by atoms with E-state index in [2.05, 4.69) is 29.8 Å². The second-order valence-corrected chi connectivity index (χ2v) is 5.52. The van der Waals surface area contributed by atoms with Gasteiger partial charge in [0.1, 0.15) is 0 Å². The Balaban J connectivity index is 2.29. The summed E-state index contributed by atoms with van der Waals surface area (Å²) in [4.78, 5) is 12.1. The van der Waals surface area contributed by atoms with Crippen LogP contribution in [-0.4, -0.2) is 5.78 Å². The van der Waals surface area contributed by atoms with Crippen LogP contribution in [0.1, 0.15) is 36.2 Å². The van der Waals surface area contributed by atoms with Crippen LogP contribution in [0.2, 0.25) is 0 Å². The number of fused-ring (bicyclic) bond motifs is 1. The second-order valence-electron chi connectivity index (χ2n) is 4.66. The number of halogens is 1. The molecule has 0 N–H and O–H groups in total. The zero-order chi connectivity index (χ0) is 11.0. The summed E-state index contributed by atoms with van der Waals surface area (Å²) in [7, 11) is 0. The maximum absolute atomic E-state index is 12.1. The van der Waals surface area contributed by atoms with E-state index in [4.69, 9.17) is 0 Å². The lowest BCUT2D eigenvalue weighted by atomic mass is 9.94. The molecule has 15 heavy (non-hydrogen) atoms. The van der Waals surface area contributed by atoms with Crippen LogP contribution >= 0.6 is 15.9 Å². The molecule has 0 amide bonds. The van der Waals surface area contributed by atoms with Crippen molar-refractivity contribution in [2.75, 3.05) is 0 Å². The molecule has 1 aliphatic rings. The molecule has 0 spiro atoms. The molecule has 2 heteroatoms. The van der Waals surface area contributed by atoms with Crippen molar-refractivity contribution >= 4 is 21.7 Å². The molecule has 0 heterocycles. The molecule has 0 saturated heterocycles. The average Bonchev–Trinajstić information content (AvgIpc) is 2.46. The van der Waals surface area contributed by atoms with Gasteiger partial charge in [-0.3, -0.25) is 4.79 Å². The number of hydrogen-bond donors (Lipinski definition) is 0. The lowest BCUT2D eigenvalue weighted by molar-refractivity contribution is 0.0922. The van der Waals surface area contributed by atoms with Crippen LogP contribution in [0.3, 0.4) is 0 Å². The number of carbonyl (C=O) groups excluding carboxylic acids is 1. The first-order valence-corrected chi connectivity index (χ1v) is 6.20. The van der Waals surface area contributed by atoms with Gasteiger partial charge in [-0.2, -0.15) is 0 Å². The standard InChI is InChI=1S/C13H15BrO/c1-8(2)6-9-7-11-10(13(9)15)4-3-5-12(11)14/h3-5,8-9H,6-7H2,1-2H3. The summed E-state index contributed by atoms with van der Waals surface area (Å²) < 4.78 is 1.08. The SMILES string of the molecule is CC(C)CC1Cc2c(Br)cccc2C1=O. The Hall–Kier alpha value is -0.630. The van der Waals surface area contributed by atoms with Crippen LogP contribution < -0.4 is 0 Å². The van der Waals surface area contributed by atoms with Gasteiger partial charge in [0.15, 0.2) is 5.78 Å². The maximum Gasteiger partial charge on any atom is 0.166 e. The Morgan fingerprint density at radius 2 is 2.20 bits per heavy atom. The second kappa shape index (κ2) is 4.09. The van der Waals surface area contributed by atoms with Gasteiger partial charge in [-0.15, -0.1) is 0 Å². The number of rotatable bonds is 2. The number of benzene rings is 1. The van der Waals surface area contributed by atoms with Gasteiger partial charge in [0, 0.05) is 16.0 Å². The van der Waals surface area contributed by atoms with Gasteiger partial charge in [-0.1, -0.05) is 41.9 Å². The topological polar surface area (TPSA) is 17.1 Å². The average molecular weight is 267 g/mol. The van der Waals surface area contributed by atoms with Gasteiger partial charge in [0.25, 0.3) is 0 Å². The smallest absolute Gasteiger partial charge is 0.166 e. The molecule has 1 aromatic rings. The molecule has 0 aromatic heterocycles. The minimum atomic E-state index is 0.207. The molecule has 0 saturated carbocycles. The molecule has 0 radical (unpaired) electrons. The highest BCUT2D eigenvalue weighted by Gasteiger charge is 2.31. The zero-order valence-electron chi connectivity index (χ0n) is 9.09. The van der Waals surface area contributed by atoms with Crippen molar-refractivity contribution in [2.45, 2.75) is 26.7 Å². The van der Waals surface area contributed by atoms with Gasteiger partial charge in [0.2, 0.25) is 0 Å². The summed E-state index contributed by atoms with van der Waals surface area (Å²) in [5.74, 6) is 1.13. The van der Waals surface area contributed by atoms with E-state index in [0.717, 1.165) is 22.9 Å². The molecular weight excluding hydrogens is 252 g/mol. The highest BCUT2D eigenvalue weighted by molar-refractivity contribution is 9.10. The van der Waals surface area contributed by atoms with Crippen molar-refractivity contribution in [1.29, 1.82) is 0 Å². The Morgan fingerprint density at radius 3 is 2.80 bits per heavy atom. The first-order valence-electron chi connectivity index (χ1n) is 5.41. The minimum absolute atomic E-state index is 0.207. The highest BCUT2D eigenvalue weighted by Crippen LogP contribution is 2.34. The van der Waals surface area contributed by atoms with Crippen molar-refractivity contribution in [3.05, 3.63) is 33.8 Å². The van der Waals surface area contributed by atoms with Crippen molar-refractivity contribution in [1.82, 2.24) is 0 Å². The van der Waals surface area contributed by atoms with Crippen LogP contribution in [0.25, 0.3) is 0 Å². The molecule has 1 unspecified atom stereocenters. The molecule has 2 rings (SSSR count). The summed E-state index contributed by atoms with van der Waals surface area (Å²) in [6.07, 6.45) is 1.91. The quantitative estimate of drug-likeness (QED) is 0.795. The summed E-state index contributed by atoms with van der Waals surface area (Å²) >= 11 is 3.52. The van der Waals surface area contributed by atoms with E-state index in [-0.39, 0.29) is 5.92 Å². The summed E-state index contributed by atoms with van der Waals surface area (Å²) in [6.45, 7) is 4.34. The maximum atomic E-state index is 12.1. The van der Waals surface area contributed by atoms with E-state index in [9.17, 15) is 4.79 Å². The fourth-order valence-electron chi connectivity index (χ4n) is 2.32. The third-order valence-corrected chi connectivity index (χ3v) is 3.70. The largest absolute Gasteiger partial charge is 0.294 e. The predicted octanol–water partition coefficient (Wildman–Crippen LogP) is 3.85. The Morgan fingerprint density at radius 1 is 1.47 bits per heavy atom. The molecule has 1 aliphatic carbocycles. The van der Waals surface area contributed by atoms with Crippen molar-refractivity contribution < 1.29 is 4.79 Å². The Bertz CT molecular complexity index is 396. The number of Topliss-reactive ketones (excluding diaryl/α,β-unsaturated/α-hetero) is 1. The monoisotopic (exact) mass is 266 g/mol. The molecule has 0 fully saturated rings. The van der Waals surface area contributed by atoms with E-state index >= 15 is 0 Å². The van der Waals surface area contributed by atoms with E-state index in [0.29, 0.717) is 11.7 Å². The fourth-order valence-corrected chi connectivity index (χ4v) is 2.84. The first kappa shape index (κ1) is 10.9. The summed E-state index contributed by atoms with van der Waals surface area (Å²) in [5.41, 5.74) is 2.13. The van der Waals surface area contributed by atoms with Crippen LogP contribution in [-0.2, 0) is 6.42 Å². The molecule has 1 nitrogen and oxygen atoms in total. The Labute approximate surface area is 99.0 Å². The molecule has 0 aliphatic heterocycles. The highest BCUT2D eigenvalue weighted by atomic mass is 79.9. The van der Waals surface area contributed by atoms with E-state index in [1.54, 1.807) is 0 Å². The summed E-state index contributed by atoms with van der Waals surface area (Å²) in [5, 5.41) is 0. The lowest BCUT2D eigenvalue weighted by Gasteiger charge is -2.09. The first-order chi connectivity index (χ1) is 7.09. The predicted molar refractivity (Wildman–Crippen MR) is 65.1 cm³/mol. The van der Waals surface area contributed by atoms with Gasteiger partial charge < -0.3 is 0 Å². The van der Waals surface area contributed by atoms with Crippen LogP contribution in [0.5, 0.6) is 0 Å². The fraction of sp³-hybridized carbons (Fsp3) is 0.462. The van der Waals surface area contributed by atoms with Crippen LogP contribution in [0.15, 0.2) is 22.7 Å². The summed E-state index contributed by atoms with van der Waals surface area (Å²) in [6, 6.07) is 5.91. The van der Waals surface area contributed by atoms with Crippen LogP contribution in [0.4, 0.5) is 0 Å². The Kier molecular flexibility index (Phi) is 2.96. The van der Waals surface area contributed by atoms with Gasteiger partial charge in [0.05, 0.1) is 0 Å². The lowest BCUT2D eigenvalue weighted by Crippen LogP contribution is -2.11. The molecular formula is C13H15BrO. The van der Waals surface area contributed by atoms with Crippen molar-refractivity contribution in [3.63, 3.8) is 0 Å². The normalized spacial score (nSPS) is 19.7. The molecule has 80 valence electrons. The number of carbonyl (C=O) groups is 1. The van der Waals surface area contributed by atoms with Gasteiger partial charge in [-0.25, -0.2) is 0 Å². The van der Waals surface area contributed by atoms with Crippen molar-refractivity contribution in [3.8, 4) is 0 Å². The number of ketones is 1. The number of hydrogen-bond acceptors (Lipinski definition) is 1. The van der Waals surface area contributed by atoms with Gasteiger partial charge in [-0.05, 0) is 30.4 Å². The van der Waals surface area contributed by atoms with E-state index < -0.39 is 0 Å². The van der Waals surface area contributed by atoms with E-state index in [1.807, 2.05) is 18.2 Å². The van der Waals surface area contributed by atoms with Crippen molar-refractivity contribution in [2.24, 2.45) is 11.8 Å². The third-order valence-electron chi connectivity index (χ3n) is 2.96. The van der Waals surface area contributed by atoms with E-state index in [1.165, 1.54) is 5.56 Å². The molecule has 1 atom stereocenters. The molecule has 1 aromatic carbocycles. The van der Waals surface area contributed by atoms with Crippen LogP contribution in [0, 0.1) is 11.8 Å². The van der Waals surface area contributed by atoms with Gasteiger partial charge >= 0.3 is 0 Å². The minimum Gasteiger partial charge on any atom is -0.294 e.